The minimum absolute atomic E-state index is 0.0133. The van der Waals surface area contributed by atoms with Gasteiger partial charge in [-0.15, -0.1) is 0 Å². The van der Waals surface area contributed by atoms with Crippen molar-refractivity contribution in [3.05, 3.63) is 33.8 Å². The second kappa shape index (κ2) is 5.71. The van der Waals surface area contributed by atoms with Gasteiger partial charge in [0.05, 0.1) is 5.56 Å². The van der Waals surface area contributed by atoms with Gasteiger partial charge in [0.2, 0.25) is 5.88 Å². The minimum atomic E-state index is -4.44. The van der Waals surface area contributed by atoms with Crippen molar-refractivity contribution in [3.63, 3.8) is 0 Å². The van der Waals surface area contributed by atoms with Crippen LogP contribution in [0.25, 0.3) is 11.3 Å². The van der Waals surface area contributed by atoms with E-state index in [1.54, 1.807) is 6.07 Å². The van der Waals surface area contributed by atoms with E-state index in [9.17, 15) is 13.2 Å². The Balaban J connectivity index is 2.53. The highest BCUT2D eigenvalue weighted by Gasteiger charge is 2.33. The standard InChI is InChI=1S/C14H14BrF3N2O/c1-7(2)5-9-12(20-21-13(9)19)8-3-4-11(15)10(6-8)14(16,17)18/h3-4,6-7H,5,19H2,1-2H3. The first-order valence-electron chi connectivity index (χ1n) is 6.31. The van der Waals surface area contributed by atoms with E-state index in [4.69, 9.17) is 10.3 Å². The number of nitrogens with two attached hydrogens (primary N) is 1. The van der Waals surface area contributed by atoms with E-state index in [2.05, 4.69) is 21.1 Å². The summed E-state index contributed by atoms with van der Waals surface area (Å²) < 4.78 is 43.8. The molecule has 1 aromatic carbocycles. The Kier molecular flexibility index (Phi) is 4.32. The summed E-state index contributed by atoms with van der Waals surface area (Å²) >= 11 is 2.91. The van der Waals surface area contributed by atoms with Crippen molar-refractivity contribution in [2.75, 3.05) is 5.73 Å². The van der Waals surface area contributed by atoms with Gasteiger partial charge in [0.25, 0.3) is 0 Å². The molecule has 0 aliphatic rings. The van der Waals surface area contributed by atoms with E-state index in [-0.39, 0.29) is 16.3 Å². The van der Waals surface area contributed by atoms with Crippen LogP contribution in [-0.2, 0) is 12.6 Å². The van der Waals surface area contributed by atoms with Crippen molar-refractivity contribution in [2.45, 2.75) is 26.4 Å². The zero-order chi connectivity index (χ0) is 15.8. The van der Waals surface area contributed by atoms with Gasteiger partial charge in [0.1, 0.15) is 5.69 Å². The number of hydrogen-bond donors (Lipinski definition) is 1. The molecule has 21 heavy (non-hydrogen) atoms. The number of benzene rings is 1. The van der Waals surface area contributed by atoms with Crippen LogP contribution in [0.1, 0.15) is 25.0 Å². The number of halogens is 4. The molecule has 1 aromatic heterocycles. The molecule has 0 unspecified atom stereocenters. The summed E-state index contributed by atoms with van der Waals surface area (Å²) in [5.74, 6) is 0.429. The molecule has 0 bridgehead atoms. The zero-order valence-corrected chi connectivity index (χ0v) is 13.0. The molecule has 0 saturated heterocycles. The summed E-state index contributed by atoms with van der Waals surface area (Å²) in [4.78, 5) is 0. The van der Waals surface area contributed by atoms with E-state index >= 15 is 0 Å². The second-order valence-corrected chi connectivity index (χ2v) is 6.02. The maximum absolute atomic E-state index is 13.0. The first-order chi connectivity index (χ1) is 9.70. The number of rotatable bonds is 3. The van der Waals surface area contributed by atoms with Gasteiger partial charge in [-0.1, -0.05) is 41.0 Å². The van der Waals surface area contributed by atoms with E-state index in [1.165, 1.54) is 6.07 Å². The third-order valence-electron chi connectivity index (χ3n) is 2.98. The molecule has 0 aliphatic carbocycles. The van der Waals surface area contributed by atoms with Crippen LogP contribution in [0.4, 0.5) is 19.1 Å². The topological polar surface area (TPSA) is 52.0 Å². The molecule has 114 valence electrons. The SMILES string of the molecule is CC(C)Cc1c(-c2ccc(Br)c(C(F)(F)F)c2)noc1N. The molecule has 0 aliphatic heterocycles. The fourth-order valence-electron chi connectivity index (χ4n) is 2.04. The molecule has 7 heteroatoms. The van der Waals surface area contributed by atoms with E-state index in [0.717, 1.165) is 6.07 Å². The third-order valence-corrected chi connectivity index (χ3v) is 3.67. The fourth-order valence-corrected chi connectivity index (χ4v) is 2.52. The van der Waals surface area contributed by atoms with Gasteiger partial charge in [0.15, 0.2) is 0 Å². The lowest BCUT2D eigenvalue weighted by molar-refractivity contribution is -0.138. The Morgan fingerprint density at radius 2 is 2.00 bits per heavy atom. The predicted molar refractivity (Wildman–Crippen MR) is 77.6 cm³/mol. The van der Waals surface area contributed by atoms with Crippen LogP contribution in [-0.4, -0.2) is 5.16 Å². The van der Waals surface area contributed by atoms with Crippen molar-refractivity contribution < 1.29 is 17.7 Å². The smallest absolute Gasteiger partial charge is 0.367 e. The molecule has 2 rings (SSSR count). The van der Waals surface area contributed by atoms with Gasteiger partial charge in [-0.3, -0.25) is 0 Å². The summed E-state index contributed by atoms with van der Waals surface area (Å²) in [7, 11) is 0. The van der Waals surface area contributed by atoms with Crippen LogP contribution in [0.15, 0.2) is 27.2 Å². The minimum Gasteiger partial charge on any atom is -0.367 e. The highest BCUT2D eigenvalue weighted by Crippen LogP contribution is 2.38. The molecule has 0 saturated carbocycles. The monoisotopic (exact) mass is 362 g/mol. The Morgan fingerprint density at radius 3 is 2.57 bits per heavy atom. The van der Waals surface area contributed by atoms with Crippen LogP contribution >= 0.6 is 15.9 Å². The first-order valence-corrected chi connectivity index (χ1v) is 7.10. The molecule has 0 fully saturated rings. The van der Waals surface area contributed by atoms with Gasteiger partial charge < -0.3 is 10.3 Å². The van der Waals surface area contributed by atoms with Crippen LogP contribution in [0.3, 0.4) is 0 Å². The lowest BCUT2D eigenvalue weighted by Gasteiger charge is -2.11. The highest BCUT2D eigenvalue weighted by molar-refractivity contribution is 9.10. The number of anilines is 1. The number of alkyl halides is 3. The van der Waals surface area contributed by atoms with Crippen molar-refractivity contribution in [2.24, 2.45) is 5.92 Å². The Hall–Kier alpha value is -1.50. The fraction of sp³-hybridized carbons (Fsp3) is 0.357. The highest BCUT2D eigenvalue weighted by atomic mass is 79.9. The van der Waals surface area contributed by atoms with Crippen molar-refractivity contribution in [1.82, 2.24) is 5.16 Å². The van der Waals surface area contributed by atoms with Crippen LogP contribution < -0.4 is 5.73 Å². The van der Waals surface area contributed by atoms with Crippen LogP contribution in [0.5, 0.6) is 0 Å². The molecule has 0 amide bonds. The molecule has 0 atom stereocenters. The van der Waals surface area contributed by atoms with Gasteiger partial charge in [0, 0.05) is 15.6 Å². The lowest BCUT2D eigenvalue weighted by Crippen LogP contribution is -2.06. The van der Waals surface area contributed by atoms with Crippen LogP contribution in [0.2, 0.25) is 0 Å². The number of hydrogen-bond acceptors (Lipinski definition) is 3. The summed E-state index contributed by atoms with van der Waals surface area (Å²) in [6.07, 6.45) is -3.86. The Morgan fingerprint density at radius 1 is 1.33 bits per heavy atom. The molecule has 3 nitrogen and oxygen atoms in total. The second-order valence-electron chi connectivity index (χ2n) is 5.16. The largest absolute Gasteiger partial charge is 0.417 e. The number of aromatic nitrogens is 1. The molecule has 1 heterocycles. The molecular formula is C14H14BrF3N2O. The quantitative estimate of drug-likeness (QED) is 0.844. The maximum Gasteiger partial charge on any atom is 0.417 e. The molecule has 2 N–H and O–H groups in total. The van der Waals surface area contributed by atoms with Crippen molar-refractivity contribution in [1.29, 1.82) is 0 Å². The van der Waals surface area contributed by atoms with E-state index < -0.39 is 11.7 Å². The van der Waals surface area contributed by atoms with E-state index in [0.29, 0.717) is 23.2 Å². The number of nitrogens with zero attached hydrogens (tertiary/aromatic N) is 1. The first kappa shape index (κ1) is 15.9. The molecule has 0 spiro atoms. The Bertz CT molecular complexity index is 650. The number of nitrogen functional groups attached to an aromatic ring is 1. The summed E-state index contributed by atoms with van der Waals surface area (Å²) in [6, 6.07) is 3.95. The Labute approximate surface area is 128 Å². The maximum atomic E-state index is 13.0. The third kappa shape index (κ3) is 3.40. The summed E-state index contributed by atoms with van der Waals surface area (Å²) in [5.41, 5.74) is 6.30. The summed E-state index contributed by atoms with van der Waals surface area (Å²) in [5, 5.41) is 3.81. The molecule has 0 radical (unpaired) electrons. The van der Waals surface area contributed by atoms with E-state index in [1.807, 2.05) is 13.8 Å². The average molecular weight is 363 g/mol. The van der Waals surface area contributed by atoms with Gasteiger partial charge >= 0.3 is 6.18 Å². The van der Waals surface area contributed by atoms with Crippen molar-refractivity contribution in [3.8, 4) is 11.3 Å². The normalized spacial score (nSPS) is 12.1. The van der Waals surface area contributed by atoms with Crippen molar-refractivity contribution >= 4 is 21.8 Å². The van der Waals surface area contributed by atoms with Crippen LogP contribution in [0, 0.1) is 5.92 Å². The molecular weight excluding hydrogens is 349 g/mol. The zero-order valence-electron chi connectivity index (χ0n) is 11.5. The summed E-state index contributed by atoms with van der Waals surface area (Å²) in [6.45, 7) is 3.97. The lowest BCUT2D eigenvalue weighted by atomic mass is 9.98. The van der Waals surface area contributed by atoms with Gasteiger partial charge in [-0.2, -0.15) is 13.2 Å². The average Bonchev–Trinajstić information content (AvgIpc) is 2.70. The van der Waals surface area contributed by atoms with Gasteiger partial charge in [-0.05, 0) is 24.5 Å². The molecule has 2 aromatic rings. The predicted octanol–water partition coefficient (Wildman–Crippen LogP) is 4.90. The van der Waals surface area contributed by atoms with Gasteiger partial charge in [-0.25, -0.2) is 0 Å².